The molecular weight excluding hydrogens is 282 g/mol. The normalized spacial score (nSPS) is 14.7. The molecule has 0 atom stereocenters. The van der Waals surface area contributed by atoms with Gasteiger partial charge < -0.3 is 4.90 Å². The summed E-state index contributed by atoms with van der Waals surface area (Å²) >= 11 is 5.97. The Morgan fingerprint density at radius 3 is 2.62 bits per heavy atom. The monoisotopic (exact) mass is 297 g/mol. The van der Waals surface area contributed by atoms with Crippen LogP contribution in [0.4, 0.5) is 0 Å². The first-order valence-electron chi connectivity index (χ1n) is 7.03. The van der Waals surface area contributed by atoms with Crippen molar-refractivity contribution >= 4 is 23.1 Å². The molecule has 0 fully saturated rings. The second-order valence-electron chi connectivity index (χ2n) is 5.12. The molecule has 3 heteroatoms. The van der Waals surface area contributed by atoms with Gasteiger partial charge in [-0.3, -0.25) is 4.79 Å². The summed E-state index contributed by atoms with van der Waals surface area (Å²) in [6, 6.07) is 17.3. The van der Waals surface area contributed by atoms with Crippen molar-refractivity contribution in [3.05, 3.63) is 76.8 Å². The zero-order chi connectivity index (χ0) is 14.7. The van der Waals surface area contributed by atoms with Crippen LogP contribution in [0, 0.1) is 0 Å². The van der Waals surface area contributed by atoms with Gasteiger partial charge >= 0.3 is 0 Å². The topological polar surface area (TPSA) is 20.3 Å². The molecule has 2 aromatic carbocycles. The second-order valence-corrected chi connectivity index (χ2v) is 5.56. The minimum Gasteiger partial charge on any atom is -0.334 e. The van der Waals surface area contributed by atoms with Gasteiger partial charge in [0, 0.05) is 23.7 Å². The molecule has 106 valence electrons. The van der Waals surface area contributed by atoms with Gasteiger partial charge in [0.25, 0.3) is 5.91 Å². The highest BCUT2D eigenvalue weighted by Crippen LogP contribution is 2.22. The average molecular weight is 298 g/mol. The molecule has 0 bridgehead atoms. The van der Waals surface area contributed by atoms with Crippen molar-refractivity contribution in [2.24, 2.45) is 0 Å². The Bertz CT molecular complexity index is 679. The molecule has 1 amide bonds. The molecule has 0 spiro atoms. The maximum Gasteiger partial charge on any atom is 0.254 e. The molecule has 0 N–H and O–H groups in total. The number of carbonyl (C=O) groups is 1. The predicted octanol–water partition coefficient (Wildman–Crippen LogP) is 4.27. The van der Waals surface area contributed by atoms with Gasteiger partial charge in [0.05, 0.1) is 0 Å². The van der Waals surface area contributed by atoms with E-state index in [9.17, 15) is 4.79 Å². The van der Waals surface area contributed by atoms with E-state index in [0.29, 0.717) is 17.1 Å². The average Bonchev–Trinajstić information content (AvgIpc) is 2.55. The number of carbonyl (C=O) groups excluding carboxylic acids is 1. The first-order chi connectivity index (χ1) is 10.2. The van der Waals surface area contributed by atoms with Gasteiger partial charge in [-0.2, -0.15) is 0 Å². The van der Waals surface area contributed by atoms with Crippen LogP contribution in [0.15, 0.2) is 60.7 Å². The molecular formula is C18H16ClNO. The third-order valence-electron chi connectivity index (χ3n) is 3.65. The van der Waals surface area contributed by atoms with Crippen LogP contribution in [0.25, 0.3) is 5.57 Å². The van der Waals surface area contributed by atoms with Crippen LogP contribution in [-0.4, -0.2) is 23.9 Å². The predicted molar refractivity (Wildman–Crippen MR) is 86.4 cm³/mol. The SMILES string of the molecule is O=C(c1cccc(Cl)c1)N1CCC=C(c2ccccc2)C1. The molecule has 2 aromatic rings. The molecule has 0 radical (unpaired) electrons. The van der Waals surface area contributed by atoms with E-state index in [1.165, 1.54) is 11.1 Å². The largest absolute Gasteiger partial charge is 0.334 e. The zero-order valence-corrected chi connectivity index (χ0v) is 12.4. The van der Waals surface area contributed by atoms with E-state index < -0.39 is 0 Å². The lowest BCUT2D eigenvalue weighted by Crippen LogP contribution is -2.35. The number of rotatable bonds is 2. The quantitative estimate of drug-likeness (QED) is 0.810. The number of amides is 1. The van der Waals surface area contributed by atoms with Crippen LogP contribution >= 0.6 is 11.6 Å². The number of hydrogen-bond donors (Lipinski definition) is 0. The van der Waals surface area contributed by atoms with Gasteiger partial charge in [0.1, 0.15) is 0 Å². The lowest BCUT2D eigenvalue weighted by atomic mass is 10.0. The number of halogens is 1. The summed E-state index contributed by atoms with van der Waals surface area (Å²) in [5.74, 6) is 0.0408. The van der Waals surface area contributed by atoms with E-state index in [4.69, 9.17) is 11.6 Å². The summed E-state index contributed by atoms with van der Waals surface area (Å²) in [4.78, 5) is 14.5. The molecule has 21 heavy (non-hydrogen) atoms. The Morgan fingerprint density at radius 1 is 1.05 bits per heavy atom. The molecule has 0 aromatic heterocycles. The fourth-order valence-electron chi connectivity index (χ4n) is 2.58. The summed E-state index contributed by atoms with van der Waals surface area (Å²) in [5, 5.41) is 0.594. The molecule has 3 rings (SSSR count). The van der Waals surface area contributed by atoms with Gasteiger partial charge in [-0.25, -0.2) is 0 Å². The van der Waals surface area contributed by atoms with Crippen LogP contribution in [0.2, 0.25) is 5.02 Å². The highest BCUT2D eigenvalue weighted by Gasteiger charge is 2.20. The van der Waals surface area contributed by atoms with E-state index in [-0.39, 0.29) is 5.91 Å². The Morgan fingerprint density at radius 2 is 1.86 bits per heavy atom. The van der Waals surface area contributed by atoms with Crippen LogP contribution in [0.3, 0.4) is 0 Å². The summed E-state index contributed by atoms with van der Waals surface area (Å²) < 4.78 is 0. The third kappa shape index (κ3) is 3.17. The Labute approximate surface area is 129 Å². The first kappa shape index (κ1) is 13.9. The van der Waals surface area contributed by atoms with Crippen molar-refractivity contribution in [3.63, 3.8) is 0 Å². The highest BCUT2D eigenvalue weighted by molar-refractivity contribution is 6.30. The number of hydrogen-bond acceptors (Lipinski definition) is 1. The fraction of sp³-hybridized carbons (Fsp3) is 0.167. The first-order valence-corrected chi connectivity index (χ1v) is 7.41. The van der Waals surface area contributed by atoms with E-state index in [0.717, 1.165) is 13.0 Å². The van der Waals surface area contributed by atoms with Crippen molar-refractivity contribution in [1.29, 1.82) is 0 Å². The lowest BCUT2D eigenvalue weighted by molar-refractivity contribution is 0.0775. The summed E-state index contributed by atoms with van der Waals surface area (Å²) in [7, 11) is 0. The molecule has 0 aliphatic carbocycles. The van der Waals surface area contributed by atoms with Crippen molar-refractivity contribution in [1.82, 2.24) is 4.90 Å². The maximum atomic E-state index is 12.6. The third-order valence-corrected chi connectivity index (χ3v) is 3.89. The molecule has 1 heterocycles. The van der Waals surface area contributed by atoms with Crippen LogP contribution < -0.4 is 0 Å². The minimum atomic E-state index is 0.0408. The van der Waals surface area contributed by atoms with Gasteiger partial charge in [0.2, 0.25) is 0 Å². The van der Waals surface area contributed by atoms with Gasteiger partial charge in [-0.1, -0.05) is 54.1 Å². The van der Waals surface area contributed by atoms with Crippen molar-refractivity contribution in [2.45, 2.75) is 6.42 Å². The van der Waals surface area contributed by atoms with Crippen LogP contribution in [0.1, 0.15) is 22.3 Å². The second kappa shape index (κ2) is 6.15. The lowest BCUT2D eigenvalue weighted by Gasteiger charge is -2.28. The smallest absolute Gasteiger partial charge is 0.254 e. The molecule has 0 saturated carbocycles. The summed E-state index contributed by atoms with van der Waals surface area (Å²) in [6.07, 6.45) is 3.10. The molecule has 1 aliphatic rings. The van der Waals surface area contributed by atoms with E-state index in [1.54, 1.807) is 12.1 Å². The number of benzene rings is 2. The molecule has 2 nitrogen and oxygen atoms in total. The summed E-state index contributed by atoms with van der Waals surface area (Å²) in [5.41, 5.74) is 3.04. The zero-order valence-electron chi connectivity index (χ0n) is 11.6. The molecule has 1 aliphatic heterocycles. The fourth-order valence-corrected chi connectivity index (χ4v) is 2.77. The van der Waals surface area contributed by atoms with Gasteiger partial charge in [-0.05, 0) is 35.8 Å². The maximum absolute atomic E-state index is 12.6. The highest BCUT2D eigenvalue weighted by atomic mass is 35.5. The molecule has 0 saturated heterocycles. The molecule has 0 unspecified atom stereocenters. The van der Waals surface area contributed by atoms with E-state index in [2.05, 4.69) is 18.2 Å². The Balaban J connectivity index is 1.79. The van der Waals surface area contributed by atoms with E-state index in [1.807, 2.05) is 35.2 Å². The Kier molecular flexibility index (Phi) is 4.07. The Hall–Kier alpha value is -2.06. The van der Waals surface area contributed by atoms with Gasteiger partial charge in [0.15, 0.2) is 0 Å². The van der Waals surface area contributed by atoms with Crippen molar-refractivity contribution in [2.75, 3.05) is 13.1 Å². The standard InChI is InChI=1S/C18H16ClNO/c19-17-10-4-8-15(12-17)18(21)20-11-5-9-16(13-20)14-6-2-1-3-7-14/h1-4,6-10,12H,5,11,13H2. The summed E-state index contributed by atoms with van der Waals surface area (Å²) in [6.45, 7) is 1.40. The minimum absolute atomic E-state index is 0.0408. The van der Waals surface area contributed by atoms with Gasteiger partial charge in [-0.15, -0.1) is 0 Å². The number of nitrogens with zero attached hydrogens (tertiary/aromatic N) is 1. The van der Waals surface area contributed by atoms with E-state index >= 15 is 0 Å². The van der Waals surface area contributed by atoms with Crippen LogP contribution in [0.5, 0.6) is 0 Å². The van der Waals surface area contributed by atoms with Crippen molar-refractivity contribution < 1.29 is 4.79 Å². The van der Waals surface area contributed by atoms with Crippen molar-refractivity contribution in [3.8, 4) is 0 Å². The van der Waals surface area contributed by atoms with Crippen LogP contribution in [-0.2, 0) is 0 Å².